The van der Waals surface area contributed by atoms with E-state index in [4.69, 9.17) is 35.6 Å². The van der Waals surface area contributed by atoms with E-state index >= 15 is 0 Å². The maximum Gasteiger partial charge on any atom is 0.361 e. The van der Waals surface area contributed by atoms with E-state index in [1.54, 1.807) is 57.5 Å². The number of anilines is 1. The third-order valence-corrected chi connectivity index (χ3v) is 14.4. The summed E-state index contributed by atoms with van der Waals surface area (Å²) in [5.41, 5.74) is 0.692. The fourth-order valence-electron chi connectivity index (χ4n) is 7.69. The smallest absolute Gasteiger partial charge is 0.361 e. The van der Waals surface area contributed by atoms with E-state index < -0.39 is 51.7 Å². The van der Waals surface area contributed by atoms with Gasteiger partial charge >= 0.3 is 11.9 Å². The number of carbonyl (C=O) groups excluding carboxylic acids is 4. The van der Waals surface area contributed by atoms with Gasteiger partial charge in [-0.2, -0.15) is 0 Å². The summed E-state index contributed by atoms with van der Waals surface area (Å²) in [5, 5.41) is 12.3. The van der Waals surface area contributed by atoms with Crippen molar-refractivity contribution in [1.82, 2.24) is 15.2 Å². The van der Waals surface area contributed by atoms with Crippen LogP contribution in [0.3, 0.4) is 0 Å². The van der Waals surface area contributed by atoms with Crippen LogP contribution < -0.4 is 15.4 Å². The van der Waals surface area contributed by atoms with E-state index in [1.807, 2.05) is 121 Å². The molecule has 13 nitrogen and oxygen atoms in total. The van der Waals surface area contributed by atoms with Crippen LogP contribution in [0, 0.1) is 0 Å². The number of alkyl halides is 1. The largest absolute Gasteiger partial charge is 0.497 e. The molecule has 6 aromatic rings. The number of ether oxygens (including phenoxy) is 3. The van der Waals surface area contributed by atoms with Crippen molar-refractivity contribution in [3.8, 4) is 5.75 Å². The number of nitrogens with zero attached hydrogens (tertiary/aromatic N) is 3. The summed E-state index contributed by atoms with van der Waals surface area (Å²) in [6.07, 6.45) is 0. The molecule has 0 spiro atoms. The molecule has 2 aliphatic heterocycles. The molecule has 3 atom stereocenters. The lowest BCUT2D eigenvalue weighted by Crippen LogP contribution is -2.71. The molecule has 354 valence electrons. The van der Waals surface area contributed by atoms with Gasteiger partial charge in [0.1, 0.15) is 46.3 Å². The molecule has 0 aliphatic carbocycles. The summed E-state index contributed by atoms with van der Waals surface area (Å²) in [4.78, 5) is 69.1. The number of thiazole rings is 1. The number of thioether (sulfide) groups is 2. The summed E-state index contributed by atoms with van der Waals surface area (Å²) < 4.78 is 16.6. The summed E-state index contributed by atoms with van der Waals surface area (Å²) >= 11 is 9.96. The number of benzene rings is 5. The van der Waals surface area contributed by atoms with Gasteiger partial charge in [-0.1, -0.05) is 138 Å². The highest BCUT2D eigenvalue weighted by molar-refractivity contribution is 8.00. The molecule has 5 aromatic carbocycles. The fraction of sp³-hybridized carbons (Fsp3) is 0.231. The number of hydrogen-bond acceptors (Lipinski definition) is 14. The molecular weight excluding hydrogens is 954 g/mol. The Balaban J connectivity index is 1.12. The molecule has 1 saturated heterocycles. The average molecular weight is 1000 g/mol. The lowest BCUT2D eigenvalue weighted by atomic mass is 9.77. The normalized spacial score (nSPS) is 16.4. The zero-order chi connectivity index (χ0) is 48.5. The first-order chi connectivity index (χ1) is 33.4. The van der Waals surface area contributed by atoms with Gasteiger partial charge in [0, 0.05) is 21.9 Å². The summed E-state index contributed by atoms with van der Waals surface area (Å²) in [6, 6.07) is 45.0. The predicted molar refractivity (Wildman–Crippen MR) is 270 cm³/mol. The number of nitrogens with one attached hydrogen (secondary N) is 2. The lowest BCUT2D eigenvalue weighted by Gasteiger charge is -2.49. The van der Waals surface area contributed by atoms with E-state index in [9.17, 15) is 19.2 Å². The standard InChI is InChI=1S/C52H48ClN5O8S3/c1-51(2,3)65-48(62)49(69-39-23-15-8-16-24-39)66-57-41(40-32-68-50(54-40)56-52(35-17-9-5-10-18-35,36-19-11-6-12-20-36)37-21-13-7-14-22-37)44(59)55-42-45(60)58-43(34(29-53)31-67-46(42)58)47(61)64-30-33-25-27-38(63-4)28-26-33/h5-28,32,42,46,49H,29-31H2,1-4H3,(H,54,56)(H,55,59)/b57-41-. The Kier molecular flexibility index (Phi) is 15.4. The molecule has 0 saturated carbocycles. The zero-order valence-corrected chi connectivity index (χ0v) is 41.2. The second-order valence-corrected chi connectivity index (χ2v) is 20.1. The molecule has 3 unspecified atom stereocenters. The fourth-order valence-corrected chi connectivity index (χ4v) is 10.9. The molecule has 8 rings (SSSR count). The first-order valence-corrected chi connectivity index (χ1v) is 25.2. The van der Waals surface area contributed by atoms with E-state index in [0.29, 0.717) is 27.1 Å². The topological polar surface area (TPSA) is 158 Å². The SMILES string of the molecule is COc1ccc(COC(=O)C2=C(CCl)CSC3C(NC(=O)/C(=N\OC(Sc4ccccc4)C(=O)OC(C)(C)C)c4csc(NC(c5ccccc5)(c5ccccc5)c5ccccc5)n4)C(=O)N23)cc1. The number of halogens is 1. The van der Waals surface area contributed by atoms with E-state index in [-0.39, 0.29) is 29.6 Å². The highest BCUT2D eigenvalue weighted by atomic mass is 35.5. The minimum absolute atomic E-state index is 0.0122. The molecule has 3 heterocycles. The Bertz CT molecular complexity index is 2730. The number of rotatable bonds is 18. The first kappa shape index (κ1) is 48.9. The number of amides is 2. The van der Waals surface area contributed by atoms with Crippen LogP contribution in [0.4, 0.5) is 5.13 Å². The minimum atomic E-state index is -1.35. The third-order valence-electron chi connectivity index (χ3n) is 10.9. The molecule has 17 heteroatoms. The predicted octanol–water partition coefficient (Wildman–Crippen LogP) is 9.37. The van der Waals surface area contributed by atoms with Gasteiger partial charge in [0.25, 0.3) is 17.3 Å². The van der Waals surface area contributed by atoms with Crippen LogP contribution in [0.1, 0.15) is 48.7 Å². The van der Waals surface area contributed by atoms with Crippen molar-refractivity contribution in [3.63, 3.8) is 0 Å². The average Bonchev–Trinajstić information content (AvgIpc) is 3.84. The van der Waals surface area contributed by atoms with E-state index in [1.165, 1.54) is 28.0 Å². The zero-order valence-electron chi connectivity index (χ0n) is 38.0. The Morgan fingerprint density at radius 2 is 1.43 bits per heavy atom. The van der Waals surface area contributed by atoms with Gasteiger partial charge in [0.05, 0.1) is 7.11 Å². The van der Waals surface area contributed by atoms with Crippen LogP contribution in [-0.4, -0.2) is 80.5 Å². The monoisotopic (exact) mass is 1000 g/mol. The Morgan fingerprint density at radius 1 is 0.855 bits per heavy atom. The Labute approximate surface area is 417 Å². The van der Waals surface area contributed by atoms with Gasteiger partial charge in [-0.15, -0.1) is 34.7 Å². The maximum atomic E-state index is 14.7. The van der Waals surface area contributed by atoms with Crippen LogP contribution in [0.25, 0.3) is 0 Å². The number of β-lactam (4-membered cyclic amide) rings is 1. The minimum Gasteiger partial charge on any atom is -0.497 e. The second kappa shape index (κ2) is 21.8. The van der Waals surface area contributed by atoms with Crippen molar-refractivity contribution in [3.05, 3.63) is 190 Å². The molecule has 2 amide bonds. The maximum absolute atomic E-state index is 14.7. The van der Waals surface area contributed by atoms with Gasteiger partial charge in [0.15, 0.2) is 10.8 Å². The van der Waals surface area contributed by atoms with Gasteiger partial charge in [-0.25, -0.2) is 14.6 Å². The summed E-state index contributed by atoms with van der Waals surface area (Å²) in [5.74, 6) is -1.86. The van der Waals surface area contributed by atoms with Gasteiger partial charge in [0.2, 0.25) is 0 Å². The van der Waals surface area contributed by atoms with E-state index in [2.05, 4.69) is 15.8 Å². The van der Waals surface area contributed by atoms with Crippen LogP contribution in [0.2, 0.25) is 0 Å². The van der Waals surface area contributed by atoms with Crippen LogP contribution >= 0.6 is 46.5 Å². The number of hydrogen-bond donors (Lipinski definition) is 2. The highest BCUT2D eigenvalue weighted by Gasteiger charge is 2.55. The van der Waals surface area contributed by atoms with Crippen molar-refractivity contribution in [2.75, 3.05) is 24.1 Å². The molecule has 0 radical (unpaired) electrons. The molecular formula is C52H48ClN5O8S3. The van der Waals surface area contributed by atoms with Crippen LogP contribution in [0.15, 0.2) is 172 Å². The molecule has 1 aromatic heterocycles. The number of methoxy groups -OCH3 is 1. The van der Waals surface area contributed by atoms with E-state index in [0.717, 1.165) is 34.0 Å². The Morgan fingerprint density at radius 3 is 1.99 bits per heavy atom. The summed E-state index contributed by atoms with van der Waals surface area (Å²) in [7, 11) is 1.56. The van der Waals surface area contributed by atoms with Gasteiger partial charge in [-0.05, 0) is 72.9 Å². The number of carbonyl (C=O) groups is 4. The Hall–Kier alpha value is -6.59. The molecule has 1 fully saturated rings. The third kappa shape index (κ3) is 11.2. The van der Waals surface area contributed by atoms with Crippen molar-refractivity contribution < 1.29 is 38.2 Å². The van der Waals surface area contributed by atoms with Crippen LogP contribution in [0.5, 0.6) is 5.75 Å². The van der Waals surface area contributed by atoms with Crippen molar-refractivity contribution >= 4 is 81.1 Å². The lowest BCUT2D eigenvalue weighted by molar-refractivity contribution is -0.162. The summed E-state index contributed by atoms with van der Waals surface area (Å²) in [6.45, 7) is 5.16. The van der Waals surface area contributed by atoms with Crippen molar-refractivity contribution in [2.45, 2.75) is 60.3 Å². The van der Waals surface area contributed by atoms with Gasteiger partial charge in [-0.3, -0.25) is 14.5 Å². The quantitative estimate of drug-likeness (QED) is 0.0123. The number of aromatic nitrogens is 1. The first-order valence-electron chi connectivity index (χ1n) is 21.8. The van der Waals surface area contributed by atoms with Crippen molar-refractivity contribution in [1.29, 1.82) is 0 Å². The second-order valence-electron chi connectivity index (χ2n) is 16.7. The molecule has 2 N–H and O–H groups in total. The molecule has 69 heavy (non-hydrogen) atoms. The van der Waals surface area contributed by atoms with Crippen molar-refractivity contribution in [2.24, 2.45) is 5.16 Å². The van der Waals surface area contributed by atoms with Crippen LogP contribution in [-0.2, 0) is 45.6 Å². The number of oxime groups is 1. The number of esters is 2. The molecule has 2 aliphatic rings. The molecule has 0 bridgehead atoms. The number of fused-ring (bicyclic) bond motifs is 1. The highest BCUT2D eigenvalue weighted by Crippen LogP contribution is 2.43. The van der Waals surface area contributed by atoms with Gasteiger partial charge < -0.3 is 29.7 Å².